The zero-order chi connectivity index (χ0) is 29.2. The predicted octanol–water partition coefficient (Wildman–Crippen LogP) is 6.20. The van der Waals surface area contributed by atoms with Crippen molar-refractivity contribution in [3.63, 3.8) is 0 Å². The van der Waals surface area contributed by atoms with Gasteiger partial charge in [0.25, 0.3) is 11.8 Å². The van der Waals surface area contributed by atoms with E-state index in [2.05, 4.69) is 31.8 Å². The van der Waals surface area contributed by atoms with Crippen LogP contribution >= 0.6 is 39.1 Å². The molecule has 3 aromatic rings. The quantitative estimate of drug-likeness (QED) is 0.180. The Morgan fingerprint density at radius 2 is 1.70 bits per heavy atom. The van der Waals surface area contributed by atoms with Gasteiger partial charge in [-0.2, -0.15) is 5.10 Å². The molecule has 3 rings (SSSR count). The number of benzene rings is 3. The van der Waals surface area contributed by atoms with Gasteiger partial charge in [0.2, 0.25) is 0 Å². The maximum atomic E-state index is 13.1. The Labute approximate surface area is 252 Å². The topological polar surface area (TPSA) is 98.2 Å². The van der Waals surface area contributed by atoms with Gasteiger partial charge >= 0.3 is 0 Å². The largest absolute Gasteiger partial charge is 0.493 e. The minimum Gasteiger partial charge on any atom is -0.493 e. The number of hydrogen-bond donors (Lipinski definition) is 2. The van der Waals surface area contributed by atoms with Crippen LogP contribution in [-0.2, 0) is 16.0 Å². The monoisotopic (exact) mass is 649 g/mol. The second-order valence-electron chi connectivity index (χ2n) is 9.02. The number of carbonyl (C=O) groups is 2. The van der Waals surface area contributed by atoms with Crippen molar-refractivity contribution >= 4 is 57.2 Å². The number of nitrogens with one attached hydrogen (secondary N) is 2. The number of ether oxygens (including phenoxy) is 3. The van der Waals surface area contributed by atoms with Crippen LogP contribution in [-0.4, -0.2) is 43.4 Å². The highest BCUT2D eigenvalue weighted by Crippen LogP contribution is 2.37. The van der Waals surface area contributed by atoms with E-state index in [9.17, 15) is 9.59 Å². The van der Waals surface area contributed by atoms with E-state index in [1.807, 2.05) is 44.2 Å². The summed E-state index contributed by atoms with van der Waals surface area (Å²) in [6.07, 6.45) is 0.727. The van der Waals surface area contributed by atoms with Gasteiger partial charge in [0, 0.05) is 11.4 Å². The van der Waals surface area contributed by atoms with Crippen LogP contribution in [0.4, 0.5) is 0 Å². The molecule has 0 saturated carbocycles. The number of hydrogen-bond acceptors (Lipinski definition) is 6. The molecule has 2 N–H and O–H groups in total. The lowest BCUT2D eigenvalue weighted by atomic mass is 10.1. The van der Waals surface area contributed by atoms with Gasteiger partial charge in [0.15, 0.2) is 17.6 Å². The molecule has 0 radical (unpaired) electrons. The summed E-state index contributed by atoms with van der Waals surface area (Å²) in [6.45, 7) is 5.40. The van der Waals surface area contributed by atoms with E-state index in [0.29, 0.717) is 32.3 Å². The van der Waals surface area contributed by atoms with Crippen LogP contribution in [0.2, 0.25) is 10.0 Å². The third-order valence-corrected chi connectivity index (χ3v) is 6.60. The van der Waals surface area contributed by atoms with Crippen LogP contribution in [0.1, 0.15) is 31.9 Å². The van der Waals surface area contributed by atoms with Crippen molar-refractivity contribution in [3.8, 4) is 17.2 Å². The molecular weight excluding hydrogens is 621 g/mol. The number of methoxy groups -OCH3 is 1. The molecule has 40 heavy (non-hydrogen) atoms. The van der Waals surface area contributed by atoms with Gasteiger partial charge < -0.3 is 19.5 Å². The van der Waals surface area contributed by atoms with E-state index in [4.69, 9.17) is 37.4 Å². The van der Waals surface area contributed by atoms with Crippen molar-refractivity contribution in [2.45, 2.75) is 45.4 Å². The Hall–Kier alpha value is -3.27. The Balaban J connectivity index is 1.72. The standard InChI is InChI=1S/C29H30BrCl2N3O5/c1-17(2)39-27-22(30)12-20(14-26(27)38-4)16-33-35-29(37)24(13-19-8-6-5-7-9-19)34-28(36)18(3)40-25-11-10-21(31)15-23(25)32/h5-12,14-18,24H,13H2,1-4H3,(H,34,36)(H,35,37)/b33-16-/t18-,24+/m0/s1. The minimum absolute atomic E-state index is 0.0444. The van der Waals surface area contributed by atoms with Crippen LogP contribution < -0.4 is 25.0 Å². The summed E-state index contributed by atoms with van der Waals surface area (Å²) >= 11 is 15.6. The van der Waals surface area contributed by atoms with Crippen molar-refractivity contribution in [3.05, 3.63) is 86.3 Å². The smallest absolute Gasteiger partial charge is 0.262 e. The maximum Gasteiger partial charge on any atom is 0.262 e. The van der Waals surface area contributed by atoms with Gasteiger partial charge in [-0.15, -0.1) is 0 Å². The van der Waals surface area contributed by atoms with Crippen molar-refractivity contribution in [2.75, 3.05) is 7.11 Å². The molecule has 2 atom stereocenters. The zero-order valence-electron chi connectivity index (χ0n) is 22.4. The van der Waals surface area contributed by atoms with E-state index in [1.165, 1.54) is 12.3 Å². The van der Waals surface area contributed by atoms with Crippen LogP contribution in [0.5, 0.6) is 17.2 Å². The number of rotatable bonds is 12. The lowest BCUT2D eigenvalue weighted by Gasteiger charge is -2.21. The summed E-state index contributed by atoms with van der Waals surface area (Å²) in [5.74, 6) is 0.380. The summed E-state index contributed by atoms with van der Waals surface area (Å²) in [5, 5.41) is 7.57. The highest BCUT2D eigenvalue weighted by Gasteiger charge is 2.25. The van der Waals surface area contributed by atoms with Crippen molar-refractivity contribution in [2.24, 2.45) is 5.10 Å². The Kier molecular flexibility index (Phi) is 11.7. The molecule has 3 aromatic carbocycles. The average molecular weight is 651 g/mol. The number of carbonyl (C=O) groups excluding carboxylic acids is 2. The molecule has 0 heterocycles. The molecule has 11 heteroatoms. The number of nitrogens with zero attached hydrogens (tertiary/aromatic N) is 1. The summed E-state index contributed by atoms with van der Waals surface area (Å²) < 4.78 is 17.6. The fraction of sp³-hybridized carbons (Fsp3) is 0.276. The van der Waals surface area contributed by atoms with Gasteiger partial charge in [-0.1, -0.05) is 53.5 Å². The average Bonchev–Trinajstić information content (AvgIpc) is 2.91. The van der Waals surface area contributed by atoms with Gasteiger partial charge in [-0.05, 0) is 78.2 Å². The summed E-state index contributed by atoms with van der Waals surface area (Å²) in [7, 11) is 1.54. The molecule has 0 fully saturated rings. The van der Waals surface area contributed by atoms with E-state index in [0.717, 1.165) is 5.56 Å². The van der Waals surface area contributed by atoms with Gasteiger partial charge in [-0.3, -0.25) is 9.59 Å². The van der Waals surface area contributed by atoms with Crippen LogP contribution in [0.15, 0.2) is 70.2 Å². The fourth-order valence-corrected chi connectivity index (χ4v) is 4.58. The Morgan fingerprint density at radius 3 is 2.35 bits per heavy atom. The Morgan fingerprint density at radius 1 is 0.975 bits per heavy atom. The molecule has 0 aromatic heterocycles. The van der Waals surface area contributed by atoms with Crippen LogP contribution in [0, 0.1) is 0 Å². The summed E-state index contributed by atoms with van der Waals surface area (Å²) in [6, 6.07) is 16.6. The van der Waals surface area contributed by atoms with Crippen molar-refractivity contribution in [1.82, 2.24) is 10.7 Å². The summed E-state index contributed by atoms with van der Waals surface area (Å²) in [4.78, 5) is 26.1. The fourth-order valence-electron chi connectivity index (χ4n) is 3.58. The maximum absolute atomic E-state index is 13.1. The van der Waals surface area contributed by atoms with Crippen molar-refractivity contribution in [1.29, 1.82) is 0 Å². The molecular formula is C29H30BrCl2N3O5. The number of amides is 2. The van der Waals surface area contributed by atoms with E-state index >= 15 is 0 Å². The first-order valence-corrected chi connectivity index (χ1v) is 13.9. The lowest BCUT2D eigenvalue weighted by Crippen LogP contribution is -2.50. The second kappa shape index (κ2) is 14.9. The number of halogens is 3. The SMILES string of the molecule is COc1cc(/C=N\NC(=O)[C@@H](Cc2ccccc2)NC(=O)[C@H](C)Oc2ccc(Cl)cc2Cl)cc(Br)c1OC(C)C. The first kappa shape index (κ1) is 31.3. The predicted molar refractivity (Wildman–Crippen MR) is 161 cm³/mol. The molecule has 0 spiro atoms. The lowest BCUT2D eigenvalue weighted by molar-refractivity contribution is -0.132. The molecule has 0 unspecified atom stereocenters. The molecule has 0 aliphatic heterocycles. The second-order valence-corrected chi connectivity index (χ2v) is 10.7. The van der Waals surface area contributed by atoms with Gasteiger partial charge in [0.05, 0.1) is 28.9 Å². The van der Waals surface area contributed by atoms with E-state index in [-0.39, 0.29) is 17.5 Å². The highest BCUT2D eigenvalue weighted by molar-refractivity contribution is 9.10. The molecule has 2 amide bonds. The normalized spacial score (nSPS) is 12.6. The molecule has 8 nitrogen and oxygen atoms in total. The molecule has 0 aliphatic carbocycles. The van der Waals surface area contributed by atoms with Crippen molar-refractivity contribution < 1.29 is 23.8 Å². The van der Waals surface area contributed by atoms with Gasteiger partial charge in [-0.25, -0.2) is 5.43 Å². The third kappa shape index (κ3) is 9.15. The summed E-state index contributed by atoms with van der Waals surface area (Å²) in [5.41, 5.74) is 4.03. The van der Waals surface area contributed by atoms with Crippen LogP contribution in [0.3, 0.4) is 0 Å². The van der Waals surface area contributed by atoms with Crippen LogP contribution in [0.25, 0.3) is 0 Å². The molecule has 0 bridgehead atoms. The number of hydrazone groups is 1. The first-order chi connectivity index (χ1) is 19.1. The molecule has 0 saturated heterocycles. The molecule has 0 aliphatic rings. The minimum atomic E-state index is -0.940. The van der Waals surface area contributed by atoms with Gasteiger partial charge in [0.1, 0.15) is 11.8 Å². The molecule has 212 valence electrons. The third-order valence-electron chi connectivity index (χ3n) is 5.48. The zero-order valence-corrected chi connectivity index (χ0v) is 25.5. The first-order valence-electron chi connectivity index (χ1n) is 12.4. The van der Waals surface area contributed by atoms with E-state index in [1.54, 1.807) is 38.3 Å². The highest BCUT2D eigenvalue weighted by atomic mass is 79.9. The van der Waals surface area contributed by atoms with E-state index < -0.39 is 24.0 Å². The Bertz CT molecular complexity index is 1350.